The lowest BCUT2D eigenvalue weighted by atomic mass is 10.0. The van der Waals surface area contributed by atoms with Crippen LogP contribution < -0.4 is 9.75 Å². The third-order valence-corrected chi connectivity index (χ3v) is 2.85. The molecule has 0 heterocycles. The zero-order valence-corrected chi connectivity index (χ0v) is 11.6. The van der Waals surface area contributed by atoms with E-state index in [0.717, 1.165) is 24.3 Å². The number of benzene rings is 1. The van der Waals surface area contributed by atoms with Crippen molar-refractivity contribution >= 4 is 5.69 Å². The fourth-order valence-electron chi connectivity index (χ4n) is 1.91. The smallest absolute Gasteiger partial charge is 0.124 e. The van der Waals surface area contributed by atoms with E-state index >= 15 is 0 Å². The van der Waals surface area contributed by atoms with Gasteiger partial charge in [-0.25, -0.2) is 5.01 Å². The summed E-state index contributed by atoms with van der Waals surface area (Å²) in [6.45, 7) is 8.00. The van der Waals surface area contributed by atoms with Crippen molar-refractivity contribution in [3.8, 4) is 5.75 Å². The minimum Gasteiger partial charge on any atom is -0.496 e. The molecule has 0 amide bonds. The van der Waals surface area contributed by atoms with E-state index in [1.807, 2.05) is 6.07 Å². The molecular formula is C14H21N3O. The van der Waals surface area contributed by atoms with Gasteiger partial charge >= 0.3 is 0 Å². The summed E-state index contributed by atoms with van der Waals surface area (Å²) in [4.78, 5) is 0. The van der Waals surface area contributed by atoms with E-state index in [0.29, 0.717) is 0 Å². The van der Waals surface area contributed by atoms with Crippen LogP contribution >= 0.6 is 0 Å². The lowest BCUT2D eigenvalue weighted by molar-refractivity contribution is 0.410. The molecule has 4 nitrogen and oxygen atoms in total. The maximum Gasteiger partial charge on any atom is 0.124 e. The molecular weight excluding hydrogens is 226 g/mol. The van der Waals surface area contributed by atoms with Gasteiger partial charge in [0.05, 0.1) is 19.8 Å². The van der Waals surface area contributed by atoms with Crippen molar-refractivity contribution in [3.05, 3.63) is 36.0 Å². The van der Waals surface area contributed by atoms with Gasteiger partial charge in [0.1, 0.15) is 5.75 Å². The summed E-state index contributed by atoms with van der Waals surface area (Å²) in [7, 11) is 3.32. The number of hydrogen-bond donors (Lipinski definition) is 0. The predicted molar refractivity (Wildman–Crippen MR) is 75.2 cm³/mol. The zero-order valence-electron chi connectivity index (χ0n) is 11.6. The summed E-state index contributed by atoms with van der Waals surface area (Å²) in [5.74, 6) is 0.878. The maximum absolute atomic E-state index is 5.42. The molecule has 0 aromatic heterocycles. The summed E-state index contributed by atoms with van der Waals surface area (Å²) in [5.41, 5.74) is 3.38. The first kappa shape index (κ1) is 14.2. The second-order valence-electron chi connectivity index (χ2n) is 3.82. The molecule has 0 bridgehead atoms. The molecule has 0 radical (unpaired) electrons. The Bertz CT molecular complexity index is 441. The van der Waals surface area contributed by atoms with Crippen LogP contribution in [0.1, 0.15) is 25.0 Å². The fraction of sp³-hybridized carbons (Fsp3) is 0.429. The van der Waals surface area contributed by atoms with E-state index in [2.05, 4.69) is 36.8 Å². The van der Waals surface area contributed by atoms with Gasteiger partial charge in [0.15, 0.2) is 0 Å². The summed E-state index contributed by atoms with van der Waals surface area (Å²) >= 11 is 0. The van der Waals surface area contributed by atoms with E-state index < -0.39 is 0 Å². The molecule has 0 saturated heterocycles. The highest BCUT2D eigenvalue weighted by Crippen LogP contribution is 2.31. The predicted octanol–water partition coefficient (Wildman–Crippen LogP) is 3.77. The van der Waals surface area contributed by atoms with Gasteiger partial charge in [-0.3, -0.25) is 0 Å². The van der Waals surface area contributed by atoms with Crippen molar-refractivity contribution in [2.24, 2.45) is 10.3 Å². The van der Waals surface area contributed by atoms with Crippen molar-refractivity contribution in [2.45, 2.75) is 26.7 Å². The van der Waals surface area contributed by atoms with Gasteiger partial charge in [0.2, 0.25) is 0 Å². The zero-order chi connectivity index (χ0) is 13.5. The Kier molecular flexibility index (Phi) is 5.36. The number of methoxy groups -OCH3 is 1. The molecule has 1 aromatic carbocycles. The topological polar surface area (TPSA) is 37.2 Å². The molecule has 0 aliphatic carbocycles. The molecule has 0 saturated carbocycles. The van der Waals surface area contributed by atoms with Gasteiger partial charge in [0, 0.05) is 12.3 Å². The molecule has 98 valence electrons. The number of aryl methyl sites for hydroxylation is 2. The molecule has 0 aliphatic heterocycles. The van der Waals surface area contributed by atoms with Gasteiger partial charge in [-0.2, -0.15) is 5.11 Å². The van der Waals surface area contributed by atoms with Gasteiger partial charge < -0.3 is 4.74 Å². The lowest BCUT2D eigenvalue weighted by Crippen LogP contribution is -2.09. The Balaban J connectivity index is 3.36. The largest absolute Gasteiger partial charge is 0.496 e. The summed E-state index contributed by atoms with van der Waals surface area (Å²) in [6.07, 6.45) is 3.52. The highest BCUT2D eigenvalue weighted by atomic mass is 16.5. The normalized spacial score (nSPS) is 10.7. The van der Waals surface area contributed by atoms with E-state index in [-0.39, 0.29) is 0 Å². The van der Waals surface area contributed by atoms with Crippen LogP contribution in [0.3, 0.4) is 0 Å². The summed E-state index contributed by atoms with van der Waals surface area (Å²) < 4.78 is 5.42. The molecule has 4 heteroatoms. The summed E-state index contributed by atoms with van der Waals surface area (Å²) in [5, 5.41) is 9.50. The number of ether oxygens (including phenoxy) is 1. The maximum atomic E-state index is 5.42. The molecule has 0 aliphatic rings. The van der Waals surface area contributed by atoms with Gasteiger partial charge in [-0.05, 0) is 30.0 Å². The van der Waals surface area contributed by atoms with E-state index in [1.54, 1.807) is 25.4 Å². The minimum absolute atomic E-state index is 0.878. The number of rotatable bonds is 6. The number of hydrogen-bond acceptors (Lipinski definition) is 3. The quantitative estimate of drug-likeness (QED) is 0.567. The SMILES string of the molecule is C=CN(N=NC)c1cc(OC)c(CC)cc1CC. The van der Waals surface area contributed by atoms with Gasteiger partial charge in [-0.1, -0.05) is 25.6 Å². The molecule has 1 aromatic rings. The molecule has 0 N–H and O–H groups in total. The molecule has 0 atom stereocenters. The highest BCUT2D eigenvalue weighted by molar-refractivity contribution is 5.60. The average molecular weight is 247 g/mol. The van der Waals surface area contributed by atoms with E-state index in [9.17, 15) is 0 Å². The van der Waals surface area contributed by atoms with E-state index in [1.165, 1.54) is 11.1 Å². The fourth-order valence-corrected chi connectivity index (χ4v) is 1.91. The Morgan fingerprint density at radius 1 is 1.28 bits per heavy atom. The van der Waals surface area contributed by atoms with Crippen molar-refractivity contribution < 1.29 is 4.74 Å². The Labute approximate surface area is 109 Å². The monoisotopic (exact) mass is 247 g/mol. The van der Waals surface area contributed by atoms with Crippen molar-refractivity contribution in [1.82, 2.24) is 0 Å². The van der Waals surface area contributed by atoms with Crippen LogP contribution in [0.5, 0.6) is 5.75 Å². The van der Waals surface area contributed by atoms with Crippen molar-refractivity contribution in [3.63, 3.8) is 0 Å². The van der Waals surface area contributed by atoms with Crippen LogP contribution in [-0.2, 0) is 12.8 Å². The first-order chi connectivity index (χ1) is 8.71. The molecule has 0 fully saturated rings. The standard InChI is InChI=1S/C14H21N3O/c1-6-11-9-12(7-2)14(18-5)10-13(11)17(8-3)16-15-4/h8-10H,3,6-7H2,1-2,4-5H3. The number of nitrogens with zero attached hydrogens (tertiary/aromatic N) is 3. The second kappa shape index (κ2) is 6.79. The number of anilines is 1. The van der Waals surface area contributed by atoms with Crippen LogP contribution in [0.4, 0.5) is 5.69 Å². The third kappa shape index (κ3) is 2.88. The Morgan fingerprint density at radius 2 is 1.94 bits per heavy atom. The average Bonchev–Trinajstić information content (AvgIpc) is 2.43. The van der Waals surface area contributed by atoms with Crippen molar-refractivity contribution in [2.75, 3.05) is 19.2 Å². The summed E-state index contributed by atoms with van der Waals surface area (Å²) in [6, 6.07) is 4.16. The van der Waals surface area contributed by atoms with Gasteiger partial charge in [-0.15, -0.1) is 0 Å². The van der Waals surface area contributed by atoms with Gasteiger partial charge in [0.25, 0.3) is 0 Å². The lowest BCUT2D eigenvalue weighted by Gasteiger charge is -2.19. The van der Waals surface area contributed by atoms with Crippen LogP contribution in [-0.4, -0.2) is 14.2 Å². The Hall–Kier alpha value is -1.84. The third-order valence-electron chi connectivity index (χ3n) is 2.85. The molecule has 1 rings (SSSR count). The molecule has 18 heavy (non-hydrogen) atoms. The second-order valence-corrected chi connectivity index (χ2v) is 3.82. The highest BCUT2D eigenvalue weighted by Gasteiger charge is 2.12. The van der Waals surface area contributed by atoms with Crippen LogP contribution in [0.15, 0.2) is 35.2 Å². The first-order valence-corrected chi connectivity index (χ1v) is 6.13. The molecule has 0 spiro atoms. The van der Waals surface area contributed by atoms with Crippen LogP contribution in [0, 0.1) is 0 Å². The van der Waals surface area contributed by atoms with Crippen LogP contribution in [0.25, 0.3) is 0 Å². The van der Waals surface area contributed by atoms with Crippen LogP contribution in [0.2, 0.25) is 0 Å². The van der Waals surface area contributed by atoms with Crippen molar-refractivity contribution in [1.29, 1.82) is 0 Å². The first-order valence-electron chi connectivity index (χ1n) is 6.13. The Morgan fingerprint density at radius 3 is 2.39 bits per heavy atom. The van der Waals surface area contributed by atoms with E-state index in [4.69, 9.17) is 4.74 Å². The molecule has 0 unspecified atom stereocenters. The minimum atomic E-state index is 0.878.